The molecule has 2 aromatic heterocycles. The number of thioether (sulfide) groups is 1. The minimum absolute atomic E-state index is 0.0773. The van der Waals surface area contributed by atoms with Crippen LogP contribution in [0.1, 0.15) is 44.6 Å². The number of esters is 1. The highest BCUT2D eigenvalue weighted by Crippen LogP contribution is 2.38. The maximum absolute atomic E-state index is 13.7. The highest BCUT2D eigenvalue weighted by molar-refractivity contribution is 8.26. The molecule has 1 N–H and O–H groups in total. The van der Waals surface area contributed by atoms with Crippen LogP contribution in [-0.4, -0.2) is 68.2 Å². The summed E-state index contributed by atoms with van der Waals surface area (Å²) in [7, 11) is 0. The third kappa shape index (κ3) is 4.87. The molecule has 0 radical (unpaired) electrons. The van der Waals surface area contributed by atoms with Crippen LogP contribution >= 0.6 is 24.0 Å². The zero-order chi connectivity index (χ0) is 26.1. The van der Waals surface area contributed by atoms with Gasteiger partial charge in [0.05, 0.1) is 23.5 Å². The molecule has 3 aliphatic rings. The molecule has 37 heavy (non-hydrogen) atoms. The van der Waals surface area contributed by atoms with Crippen molar-refractivity contribution in [3.8, 4) is 0 Å². The van der Waals surface area contributed by atoms with Crippen LogP contribution in [0.15, 0.2) is 34.1 Å². The molecule has 12 heteroatoms. The summed E-state index contributed by atoms with van der Waals surface area (Å²) in [5, 5.41) is 2.78. The quantitative estimate of drug-likeness (QED) is 0.334. The van der Waals surface area contributed by atoms with Gasteiger partial charge in [0.15, 0.2) is 0 Å². The Labute approximate surface area is 223 Å². The maximum Gasteiger partial charge on any atom is 0.308 e. The number of fused-ring (bicyclic) bond motifs is 1. The topological polar surface area (TPSA) is 113 Å². The number of nitrogens with one attached hydrogen (secondary N) is 1. The Hall–Kier alpha value is -3.25. The number of thiocarbonyl (C=S) groups is 1. The molecular weight excluding hydrogens is 514 g/mol. The second-order valence-corrected chi connectivity index (χ2v) is 10.8. The molecule has 1 atom stereocenters. The number of rotatable bonds is 6. The fraction of sp³-hybridized carbons (Fsp3) is 0.440. The average Bonchev–Trinajstić information content (AvgIpc) is 3.49. The summed E-state index contributed by atoms with van der Waals surface area (Å²) in [5.41, 5.74) is 0.172. The molecule has 0 aromatic carbocycles. The molecule has 1 saturated carbocycles. The number of hydrogen-bond donors (Lipinski definition) is 1. The third-order valence-electron chi connectivity index (χ3n) is 6.81. The van der Waals surface area contributed by atoms with E-state index in [0.29, 0.717) is 28.0 Å². The molecule has 2 aromatic rings. The molecule has 2 saturated heterocycles. The molecule has 2 amide bonds. The molecule has 0 bridgehead atoms. The van der Waals surface area contributed by atoms with E-state index in [1.807, 2.05) is 0 Å². The van der Waals surface area contributed by atoms with E-state index in [1.54, 1.807) is 41.1 Å². The number of aromatic nitrogens is 2. The first-order valence-corrected chi connectivity index (χ1v) is 13.6. The van der Waals surface area contributed by atoms with Gasteiger partial charge in [-0.05, 0) is 38.0 Å². The number of carbonyl (C=O) groups excluding carboxylic acids is 3. The summed E-state index contributed by atoms with van der Waals surface area (Å²) in [6.07, 6.45) is 6.87. The number of anilines is 1. The van der Waals surface area contributed by atoms with Crippen molar-refractivity contribution in [2.45, 2.75) is 51.1 Å². The second-order valence-electron chi connectivity index (χ2n) is 9.08. The van der Waals surface area contributed by atoms with Crippen molar-refractivity contribution in [2.75, 3.05) is 24.6 Å². The fourth-order valence-corrected chi connectivity index (χ4v) is 6.46. The SMILES string of the molecule is CCOC(=O)C[C@@H]1C(=O)NCCN1c1nc2ccccn2c(=O)c1/C=C1\SC(=S)N(C2CCCC2)C1=O. The number of nitrogens with zero attached hydrogens (tertiary/aromatic N) is 4. The van der Waals surface area contributed by atoms with Crippen LogP contribution in [0.3, 0.4) is 0 Å². The van der Waals surface area contributed by atoms with Gasteiger partial charge in [0, 0.05) is 25.3 Å². The van der Waals surface area contributed by atoms with Crippen molar-refractivity contribution in [1.82, 2.24) is 19.6 Å². The summed E-state index contributed by atoms with van der Waals surface area (Å²) < 4.78 is 6.97. The average molecular weight is 542 g/mol. The van der Waals surface area contributed by atoms with Gasteiger partial charge in [0.1, 0.15) is 21.8 Å². The minimum atomic E-state index is -0.911. The molecule has 4 heterocycles. The normalized spacial score (nSPS) is 21.8. The van der Waals surface area contributed by atoms with E-state index in [4.69, 9.17) is 21.9 Å². The van der Waals surface area contributed by atoms with Gasteiger partial charge in [0.2, 0.25) is 5.91 Å². The van der Waals surface area contributed by atoms with E-state index >= 15 is 0 Å². The maximum atomic E-state index is 13.7. The number of piperazine rings is 1. The van der Waals surface area contributed by atoms with Gasteiger partial charge in [-0.25, -0.2) is 4.98 Å². The molecule has 2 aliphatic heterocycles. The van der Waals surface area contributed by atoms with Crippen LogP contribution < -0.4 is 15.8 Å². The van der Waals surface area contributed by atoms with Crippen molar-refractivity contribution in [3.05, 3.63) is 45.2 Å². The third-order valence-corrected chi connectivity index (χ3v) is 8.14. The van der Waals surface area contributed by atoms with Crippen molar-refractivity contribution < 1.29 is 19.1 Å². The van der Waals surface area contributed by atoms with E-state index in [1.165, 1.54) is 22.2 Å². The molecule has 1 aliphatic carbocycles. The smallest absolute Gasteiger partial charge is 0.308 e. The van der Waals surface area contributed by atoms with Gasteiger partial charge in [-0.2, -0.15) is 0 Å². The van der Waals surface area contributed by atoms with Crippen LogP contribution in [0.5, 0.6) is 0 Å². The highest BCUT2D eigenvalue weighted by atomic mass is 32.2. The second kappa shape index (κ2) is 10.6. The van der Waals surface area contributed by atoms with Crippen molar-refractivity contribution in [1.29, 1.82) is 0 Å². The van der Waals surface area contributed by atoms with Gasteiger partial charge in [-0.1, -0.05) is 42.9 Å². The predicted molar refractivity (Wildman–Crippen MR) is 144 cm³/mol. The monoisotopic (exact) mass is 541 g/mol. The summed E-state index contributed by atoms with van der Waals surface area (Å²) in [4.78, 5) is 60.7. The van der Waals surface area contributed by atoms with Gasteiger partial charge < -0.3 is 15.0 Å². The Morgan fingerprint density at radius 3 is 2.81 bits per heavy atom. The number of hydrogen-bond acceptors (Lipinski definition) is 9. The Kier molecular flexibility index (Phi) is 7.29. The number of carbonyl (C=O) groups is 3. The van der Waals surface area contributed by atoms with E-state index in [9.17, 15) is 19.2 Å². The van der Waals surface area contributed by atoms with Crippen LogP contribution in [0.4, 0.5) is 5.82 Å². The van der Waals surface area contributed by atoms with Crippen molar-refractivity contribution >= 4 is 63.6 Å². The number of amides is 2. The number of ether oxygens (including phenoxy) is 1. The highest BCUT2D eigenvalue weighted by Gasteiger charge is 2.39. The Morgan fingerprint density at radius 1 is 1.27 bits per heavy atom. The summed E-state index contributed by atoms with van der Waals surface area (Å²) in [6, 6.07) is 4.34. The van der Waals surface area contributed by atoms with Crippen LogP contribution in [0.2, 0.25) is 0 Å². The predicted octanol–water partition coefficient (Wildman–Crippen LogP) is 2.10. The van der Waals surface area contributed by atoms with Crippen LogP contribution in [-0.2, 0) is 19.1 Å². The lowest BCUT2D eigenvalue weighted by Gasteiger charge is -2.36. The minimum Gasteiger partial charge on any atom is -0.466 e. The zero-order valence-corrected chi connectivity index (χ0v) is 22.0. The standard InChI is InChI=1S/C25H27N5O5S2/c1-2-35-20(31)14-17-22(32)26-10-12-28(17)21-16(23(33)29-11-6-5-9-19(29)27-21)13-18-24(34)30(25(36)37-18)15-7-3-4-8-15/h5-6,9,11,13,15,17H,2-4,7-8,10,12,14H2,1H3,(H,26,32)/b18-13-/t17-/m1/s1. The molecule has 0 spiro atoms. The molecular formula is C25H27N5O5S2. The lowest BCUT2D eigenvalue weighted by atomic mass is 10.1. The van der Waals surface area contributed by atoms with Gasteiger partial charge in [-0.3, -0.25) is 28.5 Å². The summed E-state index contributed by atoms with van der Waals surface area (Å²) >= 11 is 6.71. The molecule has 5 rings (SSSR count). The van der Waals surface area contributed by atoms with Gasteiger partial charge >= 0.3 is 5.97 Å². The first-order chi connectivity index (χ1) is 17.9. The molecule has 10 nitrogen and oxygen atoms in total. The Balaban J connectivity index is 1.61. The van der Waals surface area contributed by atoms with E-state index in [0.717, 1.165) is 25.7 Å². The summed E-state index contributed by atoms with van der Waals surface area (Å²) in [5.74, 6) is -0.852. The van der Waals surface area contributed by atoms with E-state index < -0.39 is 12.0 Å². The van der Waals surface area contributed by atoms with Gasteiger partial charge in [0.25, 0.3) is 11.5 Å². The Morgan fingerprint density at radius 2 is 2.05 bits per heavy atom. The van der Waals surface area contributed by atoms with Crippen LogP contribution in [0.25, 0.3) is 11.7 Å². The van der Waals surface area contributed by atoms with Crippen molar-refractivity contribution in [2.24, 2.45) is 0 Å². The lowest BCUT2D eigenvalue weighted by molar-refractivity contribution is -0.145. The lowest BCUT2D eigenvalue weighted by Crippen LogP contribution is -2.57. The first kappa shape index (κ1) is 25.4. The fourth-order valence-electron chi connectivity index (χ4n) is 5.07. The van der Waals surface area contributed by atoms with E-state index in [-0.39, 0.29) is 47.8 Å². The molecule has 194 valence electrons. The number of pyridine rings is 1. The van der Waals surface area contributed by atoms with Gasteiger partial charge in [-0.15, -0.1) is 0 Å². The van der Waals surface area contributed by atoms with Crippen molar-refractivity contribution in [3.63, 3.8) is 0 Å². The largest absolute Gasteiger partial charge is 0.466 e. The first-order valence-electron chi connectivity index (χ1n) is 12.4. The van der Waals surface area contributed by atoms with Crippen LogP contribution in [0, 0.1) is 0 Å². The summed E-state index contributed by atoms with van der Waals surface area (Å²) in [6.45, 7) is 2.53. The van der Waals surface area contributed by atoms with E-state index in [2.05, 4.69) is 5.32 Å². The molecule has 3 fully saturated rings. The molecule has 0 unspecified atom stereocenters. The zero-order valence-electron chi connectivity index (χ0n) is 20.3. The Bertz CT molecular complexity index is 1370.